The first-order valence-corrected chi connectivity index (χ1v) is 7.93. The average Bonchev–Trinajstić information content (AvgIpc) is 2.55. The molecule has 0 aromatic carbocycles. The van der Waals surface area contributed by atoms with Crippen LogP contribution < -0.4 is 0 Å². The Morgan fingerprint density at radius 1 is 1.50 bits per heavy atom. The molecule has 0 N–H and O–H groups in total. The zero-order chi connectivity index (χ0) is 16.1. The van der Waals surface area contributed by atoms with Gasteiger partial charge in [0.25, 0.3) is 0 Å². The van der Waals surface area contributed by atoms with Gasteiger partial charge in [0.1, 0.15) is 5.82 Å². The monoisotopic (exact) mass is 366 g/mol. The lowest BCUT2D eigenvalue weighted by Gasteiger charge is -2.33. The largest absolute Gasteiger partial charge is 0.338 e. The number of nitrogens with zero attached hydrogens (tertiary/aromatic N) is 4. The summed E-state index contributed by atoms with van der Waals surface area (Å²) < 4.78 is 0.802. The minimum absolute atomic E-state index is 0.0214. The van der Waals surface area contributed by atoms with E-state index < -0.39 is 0 Å². The number of rotatable bonds is 4. The van der Waals surface area contributed by atoms with E-state index >= 15 is 0 Å². The van der Waals surface area contributed by atoms with E-state index in [4.69, 9.17) is 0 Å². The lowest BCUT2D eigenvalue weighted by atomic mass is 9.96. The van der Waals surface area contributed by atoms with Crippen LogP contribution in [0.2, 0.25) is 0 Å². The average molecular weight is 367 g/mol. The number of hydrogen-bond donors (Lipinski definition) is 0. The van der Waals surface area contributed by atoms with Gasteiger partial charge in [-0.1, -0.05) is 6.58 Å². The van der Waals surface area contributed by atoms with E-state index in [9.17, 15) is 9.59 Å². The minimum atomic E-state index is -0.168. The molecule has 1 saturated heterocycles. The second kappa shape index (κ2) is 7.49. The van der Waals surface area contributed by atoms with Gasteiger partial charge >= 0.3 is 0 Å². The van der Waals surface area contributed by atoms with Crippen molar-refractivity contribution in [1.29, 1.82) is 0 Å². The van der Waals surface area contributed by atoms with Gasteiger partial charge in [0, 0.05) is 32.5 Å². The fourth-order valence-corrected chi connectivity index (χ4v) is 2.74. The molecule has 0 spiro atoms. The molecular weight excluding hydrogens is 348 g/mol. The van der Waals surface area contributed by atoms with Crippen LogP contribution in [0.4, 0.5) is 0 Å². The molecule has 1 fully saturated rings. The van der Waals surface area contributed by atoms with Gasteiger partial charge in [-0.2, -0.15) is 0 Å². The Morgan fingerprint density at radius 3 is 2.82 bits per heavy atom. The van der Waals surface area contributed by atoms with Crippen LogP contribution in [0.25, 0.3) is 0 Å². The standard InChI is InChI=1S/C15H19BrN4O2/c1-3-14(21)20-6-4-5-11(9-20)15(22)19(2)10-13-17-7-12(16)8-18-13/h3,7-8,11H,1,4-6,9-10H2,2H3. The second-order valence-electron chi connectivity index (χ2n) is 5.34. The zero-order valence-electron chi connectivity index (χ0n) is 12.5. The maximum absolute atomic E-state index is 12.5. The van der Waals surface area contributed by atoms with Crippen molar-refractivity contribution in [2.45, 2.75) is 19.4 Å². The van der Waals surface area contributed by atoms with Crippen LogP contribution in [0.1, 0.15) is 18.7 Å². The van der Waals surface area contributed by atoms with Crippen molar-refractivity contribution < 1.29 is 9.59 Å². The Labute approximate surface area is 138 Å². The second-order valence-corrected chi connectivity index (χ2v) is 6.26. The molecule has 0 saturated carbocycles. The molecule has 7 heteroatoms. The van der Waals surface area contributed by atoms with Gasteiger partial charge in [0.15, 0.2) is 0 Å². The summed E-state index contributed by atoms with van der Waals surface area (Å²) in [5.74, 6) is 0.330. The third-order valence-electron chi connectivity index (χ3n) is 3.69. The summed E-state index contributed by atoms with van der Waals surface area (Å²) in [7, 11) is 1.74. The predicted molar refractivity (Wildman–Crippen MR) is 85.7 cm³/mol. The topological polar surface area (TPSA) is 66.4 Å². The number of hydrogen-bond acceptors (Lipinski definition) is 4. The van der Waals surface area contributed by atoms with E-state index in [1.54, 1.807) is 29.2 Å². The summed E-state index contributed by atoms with van der Waals surface area (Å²) in [6, 6.07) is 0. The van der Waals surface area contributed by atoms with Gasteiger partial charge in [-0.05, 0) is 34.8 Å². The summed E-state index contributed by atoms with van der Waals surface area (Å²) in [4.78, 5) is 35.9. The van der Waals surface area contributed by atoms with Crippen LogP contribution in [-0.2, 0) is 16.1 Å². The molecule has 2 amide bonds. The summed E-state index contributed by atoms with van der Waals surface area (Å²) in [5.41, 5.74) is 0. The Balaban J connectivity index is 1.96. The third kappa shape index (κ3) is 4.13. The van der Waals surface area contributed by atoms with Crippen LogP contribution >= 0.6 is 15.9 Å². The quantitative estimate of drug-likeness (QED) is 0.759. The summed E-state index contributed by atoms with van der Waals surface area (Å²) in [5, 5.41) is 0. The number of carbonyl (C=O) groups excluding carboxylic acids is 2. The number of halogens is 1. The smallest absolute Gasteiger partial charge is 0.245 e. The van der Waals surface area contributed by atoms with Gasteiger partial charge in [-0.15, -0.1) is 0 Å². The fraction of sp³-hybridized carbons (Fsp3) is 0.467. The molecule has 118 valence electrons. The molecule has 1 aliphatic rings. The van der Waals surface area contributed by atoms with Crippen molar-refractivity contribution in [3.05, 3.63) is 35.3 Å². The van der Waals surface area contributed by atoms with Crippen molar-refractivity contribution in [2.75, 3.05) is 20.1 Å². The number of aromatic nitrogens is 2. The van der Waals surface area contributed by atoms with E-state index in [2.05, 4.69) is 32.5 Å². The first-order chi connectivity index (χ1) is 10.5. The van der Waals surface area contributed by atoms with Gasteiger partial charge in [-0.25, -0.2) is 9.97 Å². The van der Waals surface area contributed by atoms with E-state index in [-0.39, 0.29) is 17.7 Å². The van der Waals surface area contributed by atoms with Crippen molar-refractivity contribution in [2.24, 2.45) is 5.92 Å². The lowest BCUT2D eigenvalue weighted by molar-refractivity contribution is -0.138. The predicted octanol–water partition coefficient (Wildman–Crippen LogP) is 1.62. The molecular formula is C15H19BrN4O2. The molecule has 6 nitrogen and oxygen atoms in total. The number of amides is 2. The minimum Gasteiger partial charge on any atom is -0.338 e. The van der Waals surface area contributed by atoms with Crippen molar-refractivity contribution >= 4 is 27.7 Å². The van der Waals surface area contributed by atoms with Crippen molar-refractivity contribution in [1.82, 2.24) is 19.8 Å². The zero-order valence-corrected chi connectivity index (χ0v) is 14.1. The SMILES string of the molecule is C=CC(=O)N1CCCC(C(=O)N(C)Cc2ncc(Br)cn2)C1. The first-order valence-electron chi connectivity index (χ1n) is 7.14. The Kier molecular flexibility index (Phi) is 5.65. The van der Waals surface area contributed by atoms with Gasteiger partial charge < -0.3 is 9.80 Å². The summed E-state index contributed by atoms with van der Waals surface area (Å²) in [6.07, 6.45) is 6.24. The van der Waals surface area contributed by atoms with E-state index in [0.717, 1.165) is 17.3 Å². The highest BCUT2D eigenvalue weighted by molar-refractivity contribution is 9.10. The van der Waals surface area contributed by atoms with Crippen LogP contribution in [0, 0.1) is 5.92 Å². The highest BCUT2D eigenvalue weighted by Crippen LogP contribution is 2.19. The molecule has 1 atom stereocenters. The summed E-state index contributed by atoms with van der Waals surface area (Å²) >= 11 is 3.28. The summed E-state index contributed by atoms with van der Waals surface area (Å²) in [6.45, 7) is 5.00. The van der Waals surface area contributed by atoms with Crippen LogP contribution in [0.3, 0.4) is 0 Å². The van der Waals surface area contributed by atoms with Gasteiger partial charge in [-0.3, -0.25) is 9.59 Å². The third-order valence-corrected chi connectivity index (χ3v) is 4.10. The molecule has 1 unspecified atom stereocenters. The maximum Gasteiger partial charge on any atom is 0.245 e. The number of piperidine rings is 1. The molecule has 2 heterocycles. The normalized spacial score (nSPS) is 17.9. The van der Waals surface area contributed by atoms with Crippen molar-refractivity contribution in [3.8, 4) is 0 Å². The maximum atomic E-state index is 12.5. The molecule has 0 aliphatic carbocycles. The Morgan fingerprint density at radius 2 is 2.18 bits per heavy atom. The van der Waals surface area contributed by atoms with Gasteiger partial charge in [0.05, 0.1) is 16.9 Å². The Bertz CT molecular complexity index is 561. The fourth-order valence-electron chi connectivity index (χ4n) is 2.53. The molecule has 0 radical (unpaired) electrons. The van der Waals surface area contributed by atoms with Crippen LogP contribution in [-0.4, -0.2) is 51.7 Å². The highest BCUT2D eigenvalue weighted by atomic mass is 79.9. The van der Waals surface area contributed by atoms with Crippen LogP contribution in [0.5, 0.6) is 0 Å². The number of carbonyl (C=O) groups is 2. The highest BCUT2D eigenvalue weighted by Gasteiger charge is 2.29. The molecule has 22 heavy (non-hydrogen) atoms. The van der Waals surface area contributed by atoms with E-state index in [1.165, 1.54) is 6.08 Å². The number of likely N-dealkylation sites (tertiary alicyclic amines) is 1. The van der Waals surface area contributed by atoms with Crippen molar-refractivity contribution in [3.63, 3.8) is 0 Å². The molecule has 1 aliphatic heterocycles. The molecule has 1 aromatic heterocycles. The van der Waals surface area contributed by atoms with E-state index in [0.29, 0.717) is 25.5 Å². The first kappa shape index (κ1) is 16.6. The lowest BCUT2D eigenvalue weighted by Crippen LogP contribution is -2.45. The Hall–Kier alpha value is -1.76. The molecule has 0 bridgehead atoms. The molecule has 1 aromatic rings. The van der Waals surface area contributed by atoms with Gasteiger partial charge in [0.2, 0.25) is 11.8 Å². The van der Waals surface area contributed by atoms with Crippen LogP contribution in [0.15, 0.2) is 29.5 Å². The van der Waals surface area contributed by atoms with E-state index in [1.807, 2.05) is 0 Å². The molecule has 2 rings (SSSR count).